The van der Waals surface area contributed by atoms with Crippen LogP contribution < -0.4 is 5.32 Å². The summed E-state index contributed by atoms with van der Waals surface area (Å²) in [7, 11) is 1.80. The van der Waals surface area contributed by atoms with Crippen molar-refractivity contribution in [1.29, 1.82) is 0 Å². The van der Waals surface area contributed by atoms with E-state index in [1.165, 1.54) is 36.4 Å². The molecule has 1 amide bonds. The van der Waals surface area contributed by atoms with Crippen LogP contribution in [0.1, 0.15) is 22.9 Å². The van der Waals surface area contributed by atoms with Gasteiger partial charge in [-0.25, -0.2) is 9.78 Å². The van der Waals surface area contributed by atoms with Crippen molar-refractivity contribution in [2.45, 2.75) is 25.0 Å². The number of aromatic nitrogens is 5. The molecule has 0 fully saturated rings. The lowest BCUT2D eigenvalue weighted by Gasteiger charge is -2.11. The summed E-state index contributed by atoms with van der Waals surface area (Å²) in [6, 6.07) is 13.7. The average Bonchev–Trinajstić information content (AvgIpc) is 3.75. The van der Waals surface area contributed by atoms with Gasteiger partial charge in [0.25, 0.3) is 11.8 Å². The molecule has 0 aliphatic rings. The van der Waals surface area contributed by atoms with Crippen molar-refractivity contribution in [3.8, 4) is 34.3 Å². The van der Waals surface area contributed by atoms with Gasteiger partial charge in [0, 0.05) is 24.4 Å². The molecule has 0 radical (unpaired) electrons. The number of carboxylic acid groups (broad SMARTS) is 1. The Balaban J connectivity index is 0.000000591. The SMILES string of the molecule is Cn1cnc(CNC(=O)C(O)c2ccc(-c3noc(-c4onc(-c5ccccc5)c4C(F)(F)F)n3)cc2)c1.O=C(O)C(F)(F)F. The van der Waals surface area contributed by atoms with E-state index in [1.54, 1.807) is 42.3 Å². The number of benzene rings is 2. The van der Waals surface area contributed by atoms with E-state index in [1.807, 2.05) is 0 Å². The zero-order valence-electron chi connectivity index (χ0n) is 22.7. The van der Waals surface area contributed by atoms with Crippen LogP contribution in [0.15, 0.2) is 76.2 Å². The van der Waals surface area contributed by atoms with Gasteiger partial charge in [-0.2, -0.15) is 31.3 Å². The molecule has 5 rings (SSSR count). The van der Waals surface area contributed by atoms with Gasteiger partial charge in [0.2, 0.25) is 11.6 Å². The molecule has 5 aromatic rings. The second-order valence-corrected chi connectivity index (χ2v) is 9.10. The summed E-state index contributed by atoms with van der Waals surface area (Å²) in [5.74, 6) is -4.60. The van der Waals surface area contributed by atoms with Gasteiger partial charge in [0.15, 0.2) is 6.10 Å². The lowest BCUT2D eigenvalue weighted by atomic mass is 10.1. The number of nitrogens with one attached hydrogen (secondary N) is 1. The molecule has 12 nitrogen and oxygen atoms in total. The van der Waals surface area contributed by atoms with Crippen LogP contribution in [0.25, 0.3) is 34.3 Å². The zero-order chi connectivity index (χ0) is 32.9. The van der Waals surface area contributed by atoms with Gasteiger partial charge in [0.05, 0.1) is 18.6 Å². The molecule has 0 saturated heterocycles. The number of imidazole rings is 1. The van der Waals surface area contributed by atoms with Crippen LogP contribution >= 0.6 is 0 Å². The third kappa shape index (κ3) is 7.91. The minimum Gasteiger partial charge on any atom is -0.475 e. The van der Waals surface area contributed by atoms with Gasteiger partial charge in [-0.1, -0.05) is 64.9 Å². The summed E-state index contributed by atoms with van der Waals surface area (Å²) in [6.45, 7) is 0.147. The monoisotopic (exact) mass is 638 g/mol. The molecule has 2 aromatic carbocycles. The van der Waals surface area contributed by atoms with E-state index in [0.717, 1.165) is 0 Å². The van der Waals surface area contributed by atoms with E-state index >= 15 is 0 Å². The van der Waals surface area contributed by atoms with Gasteiger partial charge < -0.3 is 29.1 Å². The fourth-order valence-corrected chi connectivity index (χ4v) is 3.72. The minimum absolute atomic E-state index is 0.0218. The molecule has 1 unspecified atom stereocenters. The van der Waals surface area contributed by atoms with Crippen LogP contribution in [0.3, 0.4) is 0 Å². The summed E-state index contributed by atoms with van der Waals surface area (Å²) in [5, 5.41) is 27.4. The van der Waals surface area contributed by atoms with Crippen LogP contribution in [0.4, 0.5) is 26.3 Å². The number of aliphatic hydroxyl groups excluding tert-OH is 1. The highest BCUT2D eigenvalue weighted by Crippen LogP contribution is 2.43. The zero-order valence-corrected chi connectivity index (χ0v) is 22.7. The first-order valence-corrected chi connectivity index (χ1v) is 12.4. The Labute approximate surface area is 247 Å². The highest BCUT2D eigenvalue weighted by atomic mass is 19.4. The number of carboxylic acids is 1. The molecule has 0 aliphatic carbocycles. The number of carbonyl (C=O) groups is 2. The Bertz CT molecular complexity index is 1760. The molecule has 1 atom stereocenters. The highest BCUT2D eigenvalue weighted by molar-refractivity contribution is 5.82. The number of carbonyl (C=O) groups excluding carboxylic acids is 1. The van der Waals surface area contributed by atoms with Crippen molar-refractivity contribution < 1.29 is 55.2 Å². The summed E-state index contributed by atoms with van der Waals surface area (Å²) in [6.07, 6.45) is -8.01. The number of alkyl halides is 6. The molecule has 45 heavy (non-hydrogen) atoms. The number of aliphatic carboxylic acids is 1. The number of hydrogen-bond donors (Lipinski definition) is 3. The maximum atomic E-state index is 13.9. The van der Waals surface area contributed by atoms with E-state index in [4.69, 9.17) is 18.9 Å². The van der Waals surface area contributed by atoms with Crippen molar-refractivity contribution in [3.63, 3.8) is 0 Å². The maximum absolute atomic E-state index is 13.9. The van der Waals surface area contributed by atoms with Crippen LogP contribution in [0, 0.1) is 0 Å². The van der Waals surface area contributed by atoms with Crippen LogP contribution in [-0.2, 0) is 29.4 Å². The molecule has 0 bridgehead atoms. The lowest BCUT2D eigenvalue weighted by molar-refractivity contribution is -0.192. The number of hydrogen-bond acceptors (Lipinski definition) is 9. The number of rotatable bonds is 7. The summed E-state index contributed by atoms with van der Waals surface area (Å²) in [4.78, 5) is 29.3. The Morgan fingerprint density at radius 2 is 1.60 bits per heavy atom. The van der Waals surface area contributed by atoms with Crippen molar-refractivity contribution in [2.24, 2.45) is 7.05 Å². The van der Waals surface area contributed by atoms with Crippen molar-refractivity contribution >= 4 is 11.9 Å². The van der Waals surface area contributed by atoms with Crippen molar-refractivity contribution in [3.05, 3.63) is 83.9 Å². The van der Waals surface area contributed by atoms with E-state index in [9.17, 15) is 36.2 Å². The van der Waals surface area contributed by atoms with Gasteiger partial charge in [-0.15, -0.1) is 0 Å². The summed E-state index contributed by atoms with van der Waals surface area (Å²) < 4.78 is 85.3. The standard InChI is InChI=1S/C25H19F3N6O4.C2HF3O2/c1-34-12-17(30-13-34)11-29-23(36)20(35)15-7-9-16(10-8-15)22-31-24(38-33-22)21-18(25(26,27)28)19(32-37-21)14-5-3-2-4-6-14;3-2(4,5)1(6)7/h2-10,12-13,20,35H,11H2,1H3,(H,29,36);(H,6,7). The first kappa shape index (κ1) is 32.4. The van der Waals surface area contributed by atoms with Gasteiger partial charge >= 0.3 is 18.3 Å². The van der Waals surface area contributed by atoms with Crippen LogP contribution in [0.2, 0.25) is 0 Å². The largest absolute Gasteiger partial charge is 0.490 e. The molecule has 3 N–H and O–H groups in total. The van der Waals surface area contributed by atoms with Crippen LogP contribution in [0.5, 0.6) is 0 Å². The third-order valence-corrected chi connectivity index (χ3v) is 5.82. The molecule has 236 valence electrons. The second-order valence-electron chi connectivity index (χ2n) is 9.10. The number of nitrogens with zero attached hydrogens (tertiary/aromatic N) is 5. The quantitative estimate of drug-likeness (QED) is 0.211. The summed E-state index contributed by atoms with van der Waals surface area (Å²) in [5.41, 5.74) is -0.0127. The van der Waals surface area contributed by atoms with Gasteiger partial charge in [0.1, 0.15) is 11.3 Å². The predicted octanol–water partition coefficient (Wildman–Crippen LogP) is 4.79. The number of amides is 1. The van der Waals surface area contributed by atoms with Crippen molar-refractivity contribution in [2.75, 3.05) is 0 Å². The lowest BCUT2D eigenvalue weighted by Crippen LogP contribution is -2.28. The summed E-state index contributed by atoms with van der Waals surface area (Å²) >= 11 is 0. The molecule has 18 heteroatoms. The van der Waals surface area contributed by atoms with E-state index in [2.05, 4.69) is 25.6 Å². The smallest absolute Gasteiger partial charge is 0.475 e. The first-order valence-electron chi connectivity index (χ1n) is 12.4. The van der Waals surface area contributed by atoms with Crippen LogP contribution in [-0.4, -0.2) is 53.1 Å². The Morgan fingerprint density at radius 1 is 0.956 bits per heavy atom. The van der Waals surface area contributed by atoms with Crippen molar-refractivity contribution in [1.82, 2.24) is 30.2 Å². The van der Waals surface area contributed by atoms with E-state index in [-0.39, 0.29) is 23.5 Å². The van der Waals surface area contributed by atoms with Gasteiger partial charge in [-0.05, 0) is 5.56 Å². The van der Waals surface area contributed by atoms with E-state index in [0.29, 0.717) is 11.3 Å². The molecule has 0 spiro atoms. The van der Waals surface area contributed by atoms with E-state index < -0.39 is 53.2 Å². The molecule has 0 aliphatic heterocycles. The average molecular weight is 638 g/mol. The molecule has 3 aromatic heterocycles. The topological polar surface area (TPSA) is 169 Å². The highest BCUT2D eigenvalue weighted by Gasteiger charge is 2.43. The molecular weight excluding hydrogens is 618 g/mol. The molecular formula is C27H20F6N6O6. The number of aryl methyl sites for hydroxylation is 1. The van der Waals surface area contributed by atoms with Gasteiger partial charge in [-0.3, -0.25) is 4.79 Å². The maximum Gasteiger partial charge on any atom is 0.490 e. The fourth-order valence-electron chi connectivity index (χ4n) is 3.72. The predicted molar refractivity (Wildman–Crippen MR) is 139 cm³/mol. The fraction of sp³-hybridized carbons (Fsp3) is 0.185. The number of halogens is 6. The number of aliphatic hydroxyl groups is 1. The Hall–Kier alpha value is -5.52. The normalized spacial score (nSPS) is 12.3. The second kappa shape index (κ2) is 13.0. The molecule has 0 saturated carbocycles. The third-order valence-electron chi connectivity index (χ3n) is 5.82. The first-order chi connectivity index (χ1) is 21.1. The molecule has 3 heterocycles. The Morgan fingerprint density at radius 3 is 2.16 bits per heavy atom. The Kier molecular flexibility index (Phi) is 9.36. The minimum atomic E-state index is -5.08.